The summed E-state index contributed by atoms with van der Waals surface area (Å²) in [6, 6.07) is 7.85. The highest BCUT2D eigenvalue weighted by Crippen LogP contribution is 2.19. The van der Waals surface area contributed by atoms with Gasteiger partial charge in [-0.05, 0) is 38.1 Å². The van der Waals surface area contributed by atoms with Gasteiger partial charge in [-0.2, -0.15) is 0 Å². The fraction of sp³-hybridized carbons (Fsp3) is 0.429. The van der Waals surface area contributed by atoms with Gasteiger partial charge in [0.05, 0.1) is 18.4 Å². The predicted molar refractivity (Wildman–Crippen MR) is 75.5 cm³/mol. The molecule has 100 valence electrons. The van der Waals surface area contributed by atoms with Crippen molar-refractivity contribution < 1.29 is 0 Å². The molecule has 0 aliphatic carbocycles. The molecule has 1 aromatic heterocycles. The highest BCUT2D eigenvalue weighted by atomic mass is 15.4. The Hall–Kier alpha value is -1.88. The van der Waals surface area contributed by atoms with Crippen molar-refractivity contribution in [2.75, 3.05) is 25.4 Å². The first kappa shape index (κ1) is 12.2. The molecular weight excluding hydrogens is 238 g/mol. The van der Waals surface area contributed by atoms with Gasteiger partial charge in [0.1, 0.15) is 0 Å². The highest BCUT2D eigenvalue weighted by Gasteiger charge is 2.12. The molecule has 1 aliphatic heterocycles. The van der Waals surface area contributed by atoms with Gasteiger partial charge in [-0.3, -0.25) is 0 Å². The van der Waals surface area contributed by atoms with Crippen LogP contribution < -0.4 is 5.73 Å². The third-order valence-electron chi connectivity index (χ3n) is 3.65. The van der Waals surface area contributed by atoms with Crippen LogP contribution in [0.25, 0.3) is 11.3 Å². The zero-order chi connectivity index (χ0) is 13.1. The summed E-state index contributed by atoms with van der Waals surface area (Å²) in [4.78, 5) is 2.48. The van der Waals surface area contributed by atoms with Crippen LogP contribution in [-0.4, -0.2) is 39.5 Å². The summed E-state index contributed by atoms with van der Waals surface area (Å²) in [6.45, 7) is 4.36. The van der Waals surface area contributed by atoms with Crippen molar-refractivity contribution in [2.24, 2.45) is 0 Å². The second kappa shape index (κ2) is 5.40. The van der Waals surface area contributed by atoms with E-state index >= 15 is 0 Å². The number of hydrogen-bond acceptors (Lipinski definition) is 4. The summed E-state index contributed by atoms with van der Waals surface area (Å²) in [5, 5.41) is 8.21. The fourth-order valence-electron chi connectivity index (χ4n) is 2.54. The Morgan fingerprint density at radius 1 is 1.05 bits per heavy atom. The number of hydrogen-bond donors (Lipinski definition) is 1. The molecule has 0 unspecified atom stereocenters. The van der Waals surface area contributed by atoms with E-state index in [-0.39, 0.29) is 0 Å². The number of aromatic nitrogens is 3. The molecule has 1 aliphatic rings. The summed E-state index contributed by atoms with van der Waals surface area (Å²) >= 11 is 0. The van der Waals surface area contributed by atoms with Crippen LogP contribution in [-0.2, 0) is 6.54 Å². The summed E-state index contributed by atoms with van der Waals surface area (Å²) in [7, 11) is 0. The maximum atomic E-state index is 5.71. The molecule has 5 nitrogen and oxygen atoms in total. The van der Waals surface area contributed by atoms with E-state index in [1.54, 1.807) is 0 Å². The minimum Gasteiger partial charge on any atom is -0.399 e. The van der Waals surface area contributed by atoms with Gasteiger partial charge in [0.2, 0.25) is 0 Å². The largest absolute Gasteiger partial charge is 0.399 e. The van der Waals surface area contributed by atoms with Crippen molar-refractivity contribution in [3.05, 3.63) is 30.5 Å². The van der Waals surface area contributed by atoms with E-state index in [9.17, 15) is 0 Å². The molecule has 1 fully saturated rings. The maximum absolute atomic E-state index is 5.71. The number of benzene rings is 1. The van der Waals surface area contributed by atoms with Gasteiger partial charge in [-0.25, -0.2) is 4.68 Å². The van der Waals surface area contributed by atoms with Gasteiger partial charge < -0.3 is 10.6 Å². The number of nitrogens with zero attached hydrogens (tertiary/aromatic N) is 4. The van der Waals surface area contributed by atoms with Gasteiger partial charge in [0.15, 0.2) is 0 Å². The van der Waals surface area contributed by atoms with E-state index in [0.717, 1.165) is 30.0 Å². The van der Waals surface area contributed by atoms with Crippen LogP contribution in [0, 0.1) is 0 Å². The van der Waals surface area contributed by atoms with Gasteiger partial charge in [-0.1, -0.05) is 17.3 Å². The Morgan fingerprint density at radius 2 is 1.79 bits per heavy atom. The molecule has 0 radical (unpaired) electrons. The molecule has 0 bridgehead atoms. The summed E-state index contributed by atoms with van der Waals surface area (Å²) in [6.07, 6.45) is 4.46. The molecule has 1 saturated heterocycles. The van der Waals surface area contributed by atoms with E-state index in [1.165, 1.54) is 25.9 Å². The number of likely N-dealkylation sites (tertiary alicyclic amines) is 1. The SMILES string of the molecule is Nc1ccc(-c2cnnn2CCN2CCCC2)cc1. The Balaban J connectivity index is 1.72. The van der Waals surface area contributed by atoms with Crippen LogP contribution in [0.15, 0.2) is 30.5 Å². The molecule has 3 rings (SSSR count). The van der Waals surface area contributed by atoms with Crippen LogP contribution in [0.1, 0.15) is 12.8 Å². The molecule has 5 heteroatoms. The van der Waals surface area contributed by atoms with Crippen molar-refractivity contribution in [1.29, 1.82) is 0 Å². The predicted octanol–water partition coefficient (Wildman–Crippen LogP) is 1.62. The van der Waals surface area contributed by atoms with Crippen LogP contribution in [0.4, 0.5) is 5.69 Å². The van der Waals surface area contributed by atoms with Crippen molar-refractivity contribution in [3.63, 3.8) is 0 Å². The van der Waals surface area contributed by atoms with Gasteiger partial charge in [-0.15, -0.1) is 5.10 Å². The lowest BCUT2D eigenvalue weighted by molar-refractivity contribution is 0.315. The fourth-order valence-corrected chi connectivity index (χ4v) is 2.54. The standard InChI is InChI=1S/C14H19N5/c15-13-5-3-12(4-6-13)14-11-16-17-19(14)10-9-18-7-1-2-8-18/h3-6,11H,1-2,7-10,15H2. The molecule has 2 N–H and O–H groups in total. The van der Waals surface area contributed by atoms with E-state index in [2.05, 4.69) is 15.2 Å². The van der Waals surface area contributed by atoms with Crippen LogP contribution in [0.2, 0.25) is 0 Å². The van der Waals surface area contributed by atoms with Crippen molar-refractivity contribution >= 4 is 5.69 Å². The lowest BCUT2D eigenvalue weighted by Crippen LogP contribution is -2.24. The second-order valence-electron chi connectivity index (χ2n) is 5.01. The Kier molecular flexibility index (Phi) is 3.46. The third kappa shape index (κ3) is 2.76. The topological polar surface area (TPSA) is 60.0 Å². The van der Waals surface area contributed by atoms with Crippen molar-refractivity contribution in [2.45, 2.75) is 19.4 Å². The number of rotatable bonds is 4. The second-order valence-corrected chi connectivity index (χ2v) is 5.01. The Morgan fingerprint density at radius 3 is 2.53 bits per heavy atom. The van der Waals surface area contributed by atoms with Crippen molar-refractivity contribution in [1.82, 2.24) is 19.9 Å². The molecule has 2 aromatic rings. The number of nitrogens with two attached hydrogens (primary N) is 1. The molecule has 2 heterocycles. The first-order chi connectivity index (χ1) is 9.33. The summed E-state index contributed by atoms with van der Waals surface area (Å²) < 4.78 is 1.98. The number of anilines is 1. The lowest BCUT2D eigenvalue weighted by atomic mass is 10.1. The normalized spacial score (nSPS) is 16.0. The molecule has 0 amide bonds. The molecule has 19 heavy (non-hydrogen) atoms. The quantitative estimate of drug-likeness (QED) is 0.846. The van der Waals surface area contributed by atoms with Crippen LogP contribution in [0.5, 0.6) is 0 Å². The van der Waals surface area contributed by atoms with E-state index in [4.69, 9.17) is 5.73 Å². The molecule has 0 atom stereocenters. The molecular formula is C14H19N5. The van der Waals surface area contributed by atoms with Gasteiger partial charge in [0, 0.05) is 17.8 Å². The van der Waals surface area contributed by atoms with E-state index in [1.807, 2.05) is 35.1 Å². The highest BCUT2D eigenvalue weighted by molar-refractivity contribution is 5.61. The minimum absolute atomic E-state index is 0.778. The van der Waals surface area contributed by atoms with E-state index in [0.29, 0.717) is 0 Å². The average molecular weight is 257 g/mol. The first-order valence-electron chi connectivity index (χ1n) is 6.80. The minimum atomic E-state index is 0.778. The van der Waals surface area contributed by atoms with E-state index < -0.39 is 0 Å². The summed E-state index contributed by atoms with van der Waals surface area (Å²) in [5.41, 5.74) is 8.66. The summed E-state index contributed by atoms with van der Waals surface area (Å²) in [5.74, 6) is 0. The first-order valence-corrected chi connectivity index (χ1v) is 6.80. The van der Waals surface area contributed by atoms with Crippen molar-refractivity contribution in [3.8, 4) is 11.3 Å². The molecule has 1 aromatic carbocycles. The zero-order valence-electron chi connectivity index (χ0n) is 11.0. The third-order valence-corrected chi connectivity index (χ3v) is 3.65. The molecule has 0 saturated carbocycles. The zero-order valence-corrected chi connectivity index (χ0v) is 11.0. The monoisotopic (exact) mass is 257 g/mol. The van der Waals surface area contributed by atoms with Gasteiger partial charge >= 0.3 is 0 Å². The Labute approximate surface area is 113 Å². The van der Waals surface area contributed by atoms with Crippen LogP contribution in [0.3, 0.4) is 0 Å². The van der Waals surface area contributed by atoms with Crippen LogP contribution >= 0.6 is 0 Å². The maximum Gasteiger partial charge on any atom is 0.0886 e. The smallest absolute Gasteiger partial charge is 0.0886 e. The lowest BCUT2D eigenvalue weighted by Gasteiger charge is -2.15. The average Bonchev–Trinajstić information content (AvgIpc) is 3.08. The Bertz CT molecular complexity index is 525. The van der Waals surface area contributed by atoms with Gasteiger partial charge in [0.25, 0.3) is 0 Å². The molecule has 0 spiro atoms. The number of nitrogen functional groups attached to an aromatic ring is 1.